The standard InChI is InChI=1S/C12H12N2O2/c1-12(2,7-13)6-8-3-4-9-10(5-8)16-11(15)14-9/h3-5H,6H2,1-2H3,(H,14,15). The van der Waals surface area contributed by atoms with Crippen LogP contribution in [0.2, 0.25) is 0 Å². The Morgan fingerprint density at radius 1 is 1.50 bits per heavy atom. The predicted molar refractivity (Wildman–Crippen MR) is 59.9 cm³/mol. The average molecular weight is 216 g/mol. The second kappa shape index (κ2) is 3.53. The fourth-order valence-electron chi connectivity index (χ4n) is 1.65. The van der Waals surface area contributed by atoms with Crippen LogP contribution in [-0.4, -0.2) is 4.98 Å². The maximum atomic E-state index is 11.0. The van der Waals surface area contributed by atoms with Crippen LogP contribution in [0.3, 0.4) is 0 Å². The van der Waals surface area contributed by atoms with Gasteiger partial charge in [0.1, 0.15) is 0 Å². The summed E-state index contributed by atoms with van der Waals surface area (Å²) in [5.41, 5.74) is 1.80. The van der Waals surface area contributed by atoms with Crippen LogP contribution in [0, 0.1) is 16.7 Å². The number of nitrogens with zero attached hydrogens (tertiary/aromatic N) is 1. The molecule has 2 aromatic rings. The Morgan fingerprint density at radius 2 is 2.25 bits per heavy atom. The lowest BCUT2D eigenvalue weighted by molar-refractivity contribution is 0.493. The van der Waals surface area contributed by atoms with Gasteiger partial charge in [0.2, 0.25) is 0 Å². The van der Waals surface area contributed by atoms with Crippen LogP contribution in [-0.2, 0) is 6.42 Å². The number of hydrogen-bond acceptors (Lipinski definition) is 3. The van der Waals surface area contributed by atoms with Crippen molar-refractivity contribution < 1.29 is 4.42 Å². The molecule has 0 aliphatic carbocycles. The van der Waals surface area contributed by atoms with Crippen LogP contribution in [0.1, 0.15) is 19.4 Å². The maximum absolute atomic E-state index is 11.0. The van der Waals surface area contributed by atoms with E-state index in [1.165, 1.54) is 0 Å². The van der Waals surface area contributed by atoms with Crippen molar-refractivity contribution in [2.75, 3.05) is 0 Å². The van der Waals surface area contributed by atoms with E-state index in [0.717, 1.165) is 5.56 Å². The second-order valence-electron chi connectivity index (χ2n) is 4.52. The van der Waals surface area contributed by atoms with Crippen molar-refractivity contribution in [1.82, 2.24) is 4.98 Å². The summed E-state index contributed by atoms with van der Waals surface area (Å²) >= 11 is 0. The van der Waals surface area contributed by atoms with E-state index in [1.54, 1.807) is 12.1 Å². The molecule has 0 bridgehead atoms. The Kier molecular flexibility index (Phi) is 2.31. The molecule has 0 saturated carbocycles. The van der Waals surface area contributed by atoms with E-state index in [4.69, 9.17) is 9.68 Å². The number of rotatable bonds is 2. The topological polar surface area (TPSA) is 69.8 Å². The molecule has 0 radical (unpaired) electrons. The van der Waals surface area contributed by atoms with Gasteiger partial charge >= 0.3 is 5.76 Å². The van der Waals surface area contributed by atoms with Crippen molar-refractivity contribution in [2.45, 2.75) is 20.3 Å². The number of nitrogens with one attached hydrogen (secondary N) is 1. The van der Waals surface area contributed by atoms with Gasteiger partial charge in [-0.25, -0.2) is 4.79 Å². The number of nitriles is 1. The van der Waals surface area contributed by atoms with Gasteiger partial charge in [0, 0.05) is 0 Å². The Labute approximate surface area is 92.5 Å². The fraction of sp³-hybridized carbons (Fsp3) is 0.333. The largest absolute Gasteiger partial charge is 0.417 e. The molecular weight excluding hydrogens is 204 g/mol. The van der Waals surface area contributed by atoms with Gasteiger partial charge in [-0.15, -0.1) is 0 Å². The molecule has 1 aromatic heterocycles. The highest BCUT2D eigenvalue weighted by molar-refractivity contribution is 5.72. The molecule has 4 heteroatoms. The molecule has 0 atom stereocenters. The lowest BCUT2D eigenvalue weighted by Gasteiger charge is -2.14. The molecule has 0 fully saturated rings. The number of H-pyrrole nitrogens is 1. The SMILES string of the molecule is CC(C)(C#N)Cc1ccc2[nH]c(=O)oc2c1. The normalized spacial score (nSPS) is 11.6. The summed E-state index contributed by atoms with van der Waals surface area (Å²) in [5, 5.41) is 8.94. The molecule has 0 amide bonds. The number of aromatic nitrogens is 1. The third-order valence-electron chi connectivity index (χ3n) is 2.43. The van der Waals surface area contributed by atoms with Gasteiger partial charge in [0.05, 0.1) is 17.0 Å². The summed E-state index contributed by atoms with van der Waals surface area (Å²) in [4.78, 5) is 13.5. The second-order valence-corrected chi connectivity index (χ2v) is 4.52. The van der Waals surface area contributed by atoms with Gasteiger partial charge in [-0.05, 0) is 38.0 Å². The molecule has 1 aromatic carbocycles. The number of aromatic amines is 1. The minimum absolute atomic E-state index is 0.412. The first-order chi connectivity index (χ1) is 7.50. The first-order valence-electron chi connectivity index (χ1n) is 5.03. The molecular formula is C12H12N2O2. The third kappa shape index (κ3) is 1.98. The zero-order valence-electron chi connectivity index (χ0n) is 9.20. The van der Waals surface area contributed by atoms with Crippen molar-refractivity contribution in [3.8, 4) is 6.07 Å². The molecule has 1 heterocycles. The van der Waals surface area contributed by atoms with Crippen molar-refractivity contribution >= 4 is 11.1 Å². The summed E-state index contributed by atoms with van der Waals surface area (Å²) in [5.74, 6) is -0.452. The van der Waals surface area contributed by atoms with Crippen LogP contribution in [0.25, 0.3) is 11.1 Å². The van der Waals surface area contributed by atoms with Crippen LogP contribution in [0.4, 0.5) is 0 Å². The Hall–Kier alpha value is -2.02. The van der Waals surface area contributed by atoms with E-state index in [9.17, 15) is 4.79 Å². The minimum atomic E-state index is -0.452. The summed E-state index contributed by atoms with van der Waals surface area (Å²) < 4.78 is 4.96. The van der Waals surface area contributed by atoms with E-state index in [1.807, 2.05) is 19.9 Å². The molecule has 1 N–H and O–H groups in total. The lowest BCUT2D eigenvalue weighted by Crippen LogP contribution is -2.11. The molecule has 2 rings (SSSR count). The van der Waals surface area contributed by atoms with E-state index in [0.29, 0.717) is 17.5 Å². The van der Waals surface area contributed by atoms with Crippen LogP contribution < -0.4 is 5.76 Å². The number of fused-ring (bicyclic) bond motifs is 1. The molecule has 0 saturated heterocycles. The molecule has 0 aliphatic heterocycles. The van der Waals surface area contributed by atoms with Gasteiger partial charge in [0.25, 0.3) is 0 Å². The van der Waals surface area contributed by atoms with E-state index < -0.39 is 11.2 Å². The van der Waals surface area contributed by atoms with E-state index >= 15 is 0 Å². The van der Waals surface area contributed by atoms with Crippen LogP contribution in [0.5, 0.6) is 0 Å². The molecule has 0 spiro atoms. The van der Waals surface area contributed by atoms with Gasteiger partial charge < -0.3 is 4.42 Å². The lowest BCUT2D eigenvalue weighted by atomic mass is 9.87. The maximum Gasteiger partial charge on any atom is 0.417 e. The summed E-state index contributed by atoms with van der Waals surface area (Å²) in [6.45, 7) is 3.76. The number of hydrogen-bond donors (Lipinski definition) is 1. The first kappa shape index (κ1) is 10.5. The van der Waals surface area contributed by atoms with Crippen molar-refractivity contribution in [3.63, 3.8) is 0 Å². The smallest absolute Gasteiger partial charge is 0.408 e. The third-order valence-corrected chi connectivity index (χ3v) is 2.43. The van der Waals surface area contributed by atoms with Gasteiger partial charge in [-0.2, -0.15) is 5.26 Å². The molecule has 4 nitrogen and oxygen atoms in total. The quantitative estimate of drug-likeness (QED) is 0.836. The zero-order valence-corrected chi connectivity index (χ0v) is 9.20. The summed E-state index contributed by atoms with van der Waals surface area (Å²) in [6, 6.07) is 7.73. The minimum Gasteiger partial charge on any atom is -0.408 e. The first-order valence-corrected chi connectivity index (χ1v) is 5.03. The van der Waals surface area contributed by atoms with Crippen LogP contribution in [0.15, 0.2) is 27.4 Å². The summed E-state index contributed by atoms with van der Waals surface area (Å²) in [6.07, 6.45) is 0.633. The van der Waals surface area contributed by atoms with Crippen LogP contribution >= 0.6 is 0 Å². The van der Waals surface area contributed by atoms with Crippen molar-refractivity contribution in [3.05, 3.63) is 34.3 Å². The fourth-order valence-corrected chi connectivity index (χ4v) is 1.65. The molecule has 0 aliphatic rings. The Morgan fingerprint density at radius 3 is 2.94 bits per heavy atom. The van der Waals surface area contributed by atoms with Gasteiger partial charge in [0.15, 0.2) is 5.58 Å². The highest BCUT2D eigenvalue weighted by Crippen LogP contribution is 2.22. The monoisotopic (exact) mass is 216 g/mol. The van der Waals surface area contributed by atoms with Crippen molar-refractivity contribution in [1.29, 1.82) is 5.26 Å². The predicted octanol–water partition coefficient (Wildman–Crippen LogP) is 2.21. The van der Waals surface area contributed by atoms with E-state index in [2.05, 4.69) is 11.1 Å². The Balaban J connectivity index is 2.40. The number of oxazole rings is 1. The number of benzene rings is 1. The molecule has 82 valence electrons. The molecule has 16 heavy (non-hydrogen) atoms. The average Bonchev–Trinajstić information content (AvgIpc) is 2.57. The van der Waals surface area contributed by atoms with Crippen molar-refractivity contribution in [2.24, 2.45) is 5.41 Å². The molecule has 0 unspecified atom stereocenters. The van der Waals surface area contributed by atoms with Gasteiger partial charge in [-0.3, -0.25) is 4.98 Å². The highest BCUT2D eigenvalue weighted by Gasteiger charge is 2.17. The Bertz CT molecular complexity index is 614. The van der Waals surface area contributed by atoms with E-state index in [-0.39, 0.29) is 0 Å². The highest BCUT2D eigenvalue weighted by atomic mass is 16.4. The zero-order chi connectivity index (χ0) is 11.8. The summed E-state index contributed by atoms with van der Waals surface area (Å²) in [7, 11) is 0. The van der Waals surface area contributed by atoms with Gasteiger partial charge in [-0.1, -0.05) is 6.07 Å².